The van der Waals surface area contributed by atoms with Gasteiger partial charge in [-0.1, -0.05) is 13.8 Å². The monoisotopic (exact) mass is 640 g/mol. The molecule has 4 fully saturated rings. The first-order valence-electron chi connectivity index (χ1n) is 17.2. The zero-order valence-electron chi connectivity index (χ0n) is 29.7. The van der Waals surface area contributed by atoms with E-state index in [0.717, 1.165) is 30.1 Å². The van der Waals surface area contributed by atoms with Crippen LogP contribution in [0.4, 0.5) is 0 Å². The molecule has 0 bridgehead atoms. The maximum absolute atomic E-state index is 7.56. The van der Waals surface area contributed by atoms with Crippen molar-refractivity contribution in [3.05, 3.63) is 0 Å². The first-order valence-corrected chi connectivity index (χ1v) is 30.8. The average Bonchev–Trinajstić information content (AvgIpc) is 3.06. The van der Waals surface area contributed by atoms with Gasteiger partial charge in [-0.05, 0) is 165 Å². The second-order valence-corrected chi connectivity index (χ2v) is 36.9. The second kappa shape index (κ2) is 11.5. The molecule has 41 heavy (non-hydrogen) atoms. The summed E-state index contributed by atoms with van der Waals surface area (Å²) < 4.78 is 28.2. The fraction of sp³-hybridized carbons (Fsp3) is 1.00. The van der Waals surface area contributed by atoms with Crippen LogP contribution in [0.25, 0.3) is 0 Å². The van der Waals surface area contributed by atoms with Gasteiger partial charge in [0.1, 0.15) is 0 Å². The predicted molar refractivity (Wildman–Crippen MR) is 185 cm³/mol. The van der Waals surface area contributed by atoms with Crippen LogP contribution in [0.5, 0.6) is 0 Å². The van der Waals surface area contributed by atoms with Gasteiger partial charge in [0.2, 0.25) is 0 Å². The summed E-state index contributed by atoms with van der Waals surface area (Å²) in [4.78, 5) is 0. The van der Waals surface area contributed by atoms with Crippen molar-refractivity contribution >= 4 is 33.3 Å². The molecule has 240 valence electrons. The quantitative estimate of drug-likeness (QED) is 0.223. The Bertz CT molecular complexity index is 918. The lowest BCUT2D eigenvalue weighted by Gasteiger charge is -2.63. The van der Waals surface area contributed by atoms with Gasteiger partial charge in [-0.25, -0.2) is 0 Å². The third kappa shape index (κ3) is 7.41. The van der Waals surface area contributed by atoms with Crippen molar-refractivity contribution in [3.63, 3.8) is 0 Å². The van der Waals surface area contributed by atoms with E-state index in [1.54, 1.807) is 0 Å². The first kappa shape index (κ1) is 34.6. The smallest absolute Gasteiger partial charge is 0.184 e. The summed E-state index contributed by atoms with van der Waals surface area (Å²) in [6.07, 6.45) is 12.3. The summed E-state index contributed by atoms with van der Waals surface area (Å²) in [7, 11) is -6.89. The van der Waals surface area contributed by atoms with Gasteiger partial charge in [0.05, 0.1) is 18.3 Å². The van der Waals surface area contributed by atoms with E-state index in [-0.39, 0.29) is 17.1 Å². The Morgan fingerprint density at radius 1 is 0.659 bits per heavy atom. The third-order valence-corrected chi connectivity index (χ3v) is 15.5. The standard InChI is InChI=1S/C33H68O4Si4/c1-31-20-17-26(35-39(6,7)8)23-25(31)15-16-27-28(31)18-21-32(2)29(27)19-22-33(32,37-41(12,13)14)30(36-40(9,10)11)24-34-38(3,4)5/h25-30H,15-24H2,1-14H3/t25-,26-,27+,28-,29-,30+,31-,32-,33-/m0/s1. The lowest BCUT2D eigenvalue weighted by molar-refractivity contribution is -0.183. The summed E-state index contributed by atoms with van der Waals surface area (Å²) in [6, 6.07) is 0. The zero-order chi connectivity index (χ0) is 30.9. The van der Waals surface area contributed by atoms with Crippen LogP contribution in [0.1, 0.15) is 71.6 Å². The van der Waals surface area contributed by atoms with Crippen molar-refractivity contribution in [3.8, 4) is 0 Å². The van der Waals surface area contributed by atoms with Crippen LogP contribution in [0, 0.1) is 34.5 Å². The van der Waals surface area contributed by atoms with E-state index < -0.39 is 33.3 Å². The topological polar surface area (TPSA) is 36.9 Å². The van der Waals surface area contributed by atoms with Crippen molar-refractivity contribution in [2.75, 3.05) is 6.61 Å². The molecule has 0 radical (unpaired) electrons. The highest BCUT2D eigenvalue weighted by molar-refractivity contribution is 6.71. The van der Waals surface area contributed by atoms with E-state index in [4.69, 9.17) is 17.7 Å². The molecule has 0 unspecified atom stereocenters. The maximum atomic E-state index is 7.56. The molecule has 0 saturated heterocycles. The van der Waals surface area contributed by atoms with E-state index in [9.17, 15) is 0 Å². The molecule has 0 amide bonds. The van der Waals surface area contributed by atoms with Crippen molar-refractivity contribution < 1.29 is 17.7 Å². The van der Waals surface area contributed by atoms with Crippen molar-refractivity contribution in [2.24, 2.45) is 34.5 Å². The second-order valence-electron chi connectivity index (χ2n) is 19.0. The molecule has 9 atom stereocenters. The van der Waals surface area contributed by atoms with Crippen LogP contribution >= 0.6 is 0 Å². The highest BCUT2D eigenvalue weighted by atomic mass is 28.4. The van der Waals surface area contributed by atoms with Crippen LogP contribution in [-0.2, 0) is 17.7 Å². The SMILES string of the molecule is C[C@]12CC[C@H](O[Si](C)(C)C)C[C@@H]1CC[C@@H]1[C@@H]2CC[C@@]2(C)[C@H]1CC[C@]2(O[Si](C)(C)C)[C@@H](CO[Si](C)(C)C)O[Si](C)(C)C. The Morgan fingerprint density at radius 2 is 1.29 bits per heavy atom. The van der Waals surface area contributed by atoms with Gasteiger partial charge in [0.15, 0.2) is 33.3 Å². The van der Waals surface area contributed by atoms with E-state index in [1.165, 1.54) is 51.4 Å². The molecule has 0 aromatic heterocycles. The molecule has 0 heterocycles. The van der Waals surface area contributed by atoms with Crippen LogP contribution in [0.2, 0.25) is 78.6 Å². The zero-order valence-corrected chi connectivity index (χ0v) is 33.7. The van der Waals surface area contributed by atoms with Gasteiger partial charge in [0, 0.05) is 11.5 Å². The molecule has 0 N–H and O–H groups in total. The summed E-state index contributed by atoms with van der Waals surface area (Å²) >= 11 is 0. The van der Waals surface area contributed by atoms with E-state index in [0.29, 0.717) is 18.1 Å². The van der Waals surface area contributed by atoms with Crippen LogP contribution in [-0.4, -0.2) is 57.7 Å². The average molecular weight is 641 g/mol. The van der Waals surface area contributed by atoms with Gasteiger partial charge in [-0.2, -0.15) is 0 Å². The molecular formula is C33H68O4Si4. The number of fused-ring (bicyclic) bond motifs is 5. The van der Waals surface area contributed by atoms with Crippen molar-refractivity contribution in [1.82, 2.24) is 0 Å². The van der Waals surface area contributed by atoms with E-state index in [2.05, 4.69) is 92.4 Å². The number of hydrogen-bond acceptors (Lipinski definition) is 4. The molecule has 8 heteroatoms. The van der Waals surface area contributed by atoms with Crippen LogP contribution in [0.15, 0.2) is 0 Å². The van der Waals surface area contributed by atoms with Crippen LogP contribution < -0.4 is 0 Å². The number of rotatable bonds is 10. The molecule has 0 aromatic carbocycles. The minimum absolute atomic E-state index is 0.0280. The molecule has 0 aromatic rings. The Hall–Kier alpha value is 0.708. The molecule has 4 nitrogen and oxygen atoms in total. The summed E-state index contributed by atoms with van der Waals surface area (Å²) in [5.74, 6) is 3.23. The molecule has 0 aliphatic heterocycles. The summed E-state index contributed by atoms with van der Waals surface area (Å²) in [5, 5.41) is 0. The largest absolute Gasteiger partial charge is 0.415 e. The van der Waals surface area contributed by atoms with Crippen LogP contribution in [0.3, 0.4) is 0 Å². The molecule has 4 saturated carbocycles. The highest BCUT2D eigenvalue weighted by Gasteiger charge is 2.68. The van der Waals surface area contributed by atoms with Gasteiger partial charge >= 0.3 is 0 Å². The van der Waals surface area contributed by atoms with Gasteiger partial charge < -0.3 is 17.7 Å². The lowest BCUT2D eigenvalue weighted by Crippen LogP contribution is -2.65. The van der Waals surface area contributed by atoms with Crippen molar-refractivity contribution in [2.45, 2.75) is 168 Å². The Balaban J connectivity index is 1.65. The Kier molecular flexibility index (Phi) is 9.70. The minimum atomic E-state index is -1.86. The molecule has 4 rings (SSSR count). The maximum Gasteiger partial charge on any atom is 0.184 e. The third-order valence-electron chi connectivity index (χ3n) is 11.5. The Labute approximate surface area is 259 Å². The highest BCUT2D eigenvalue weighted by Crippen LogP contribution is 2.70. The molecule has 4 aliphatic carbocycles. The molecular weight excluding hydrogens is 573 g/mol. The fourth-order valence-corrected chi connectivity index (χ4v) is 14.7. The normalized spacial score (nSPS) is 41.0. The first-order chi connectivity index (χ1) is 18.5. The van der Waals surface area contributed by atoms with E-state index >= 15 is 0 Å². The van der Waals surface area contributed by atoms with Gasteiger partial charge in [0.25, 0.3) is 0 Å². The minimum Gasteiger partial charge on any atom is -0.415 e. The number of hydrogen-bond donors (Lipinski definition) is 0. The summed E-state index contributed by atoms with van der Waals surface area (Å²) in [5.41, 5.74) is 0.375. The Morgan fingerprint density at radius 3 is 1.85 bits per heavy atom. The molecule has 4 aliphatic rings. The predicted octanol–water partition coefficient (Wildman–Crippen LogP) is 9.91. The fourth-order valence-electron chi connectivity index (χ4n) is 10.2. The lowest BCUT2D eigenvalue weighted by atomic mass is 9.44. The van der Waals surface area contributed by atoms with Gasteiger partial charge in [-0.15, -0.1) is 0 Å². The molecule has 0 spiro atoms. The van der Waals surface area contributed by atoms with E-state index in [1.807, 2.05) is 0 Å². The summed E-state index contributed by atoms with van der Waals surface area (Å²) in [6.45, 7) is 34.3. The van der Waals surface area contributed by atoms with Gasteiger partial charge in [-0.3, -0.25) is 0 Å². The van der Waals surface area contributed by atoms with Crippen molar-refractivity contribution in [1.29, 1.82) is 0 Å².